The van der Waals surface area contributed by atoms with Crippen molar-refractivity contribution < 1.29 is 13.2 Å². The van der Waals surface area contributed by atoms with Gasteiger partial charge in [-0.25, -0.2) is 13.6 Å². The van der Waals surface area contributed by atoms with E-state index >= 15 is 0 Å². The van der Waals surface area contributed by atoms with Crippen LogP contribution in [0.2, 0.25) is 0 Å². The topological polar surface area (TPSA) is 81.4 Å². The van der Waals surface area contributed by atoms with E-state index < -0.39 is 10.0 Å². The van der Waals surface area contributed by atoms with Crippen LogP contribution in [0.5, 0.6) is 0 Å². The Morgan fingerprint density at radius 2 is 1.94 bits per heavy atom. The molecule has 0 aliphatic carbocycles. The number of rotatable bonds is 7. The highest BCUT2D eigenvalue weighted by molar-refractivity contribution is 7.89. The molecule has 5 nitrogen and oxygen atoms in total. The van der Waals surface area contributed by atoms with E-state index in [0.717, 1.165) is 11.1 Å². The van der Waals surface area contributed by atoms with E-state index in [4.69, 9.17) is 9.88 Å². The molecule has 0 amide bonds. The van der Waals surface area contributed by atoms with Crippen LogP contribution in [0.3, 0.4) is 0 Å². The van der Waals surface area contributed by atoms with Gasteiger partial charge in [0.05, 0.1) is 12.4 Å². The molecule has 0 aliphatic rings. The minimum absolute atomic E-state index is 0.0561. The second-order valence-corrected chi connectivity index (χ2v) is 5.48. The quantitative estimate of drug-likeness (QED) is 0.685. The van der Waals surface area contributed by atoms with E-state index in [-0.39, 0.29) is 5.75 Å². The Morgan fingerprint density at radius 1 is 1.29 bits per heavy atom. The highest BCUT2D eigenvalue weighted by Gasteiger charge is 2.03. The third kappa shape index (κ3) is 5.78. The maximum atomic E-state index is 10.7. The number of sulfonamides is 1. The molecular formula is C11H18N2O3S. The molecule has 96 valence electrons. The van der Waals surface area contributed by atoms with Crippen molar-refractivity contribution in [2.24, 2.45) is 5.14 Å². The van der Waals surface area contributed by atoms with Gasteiger partial charge in [-0.1, -0.05) is 24.3 Å². The fraction of sp³-hybridized carbons (Fsp3) is 0.455. The fourth-order valence-electron chi connectivity index (χ4n) is 1.46. The summed E-state index contributed by atoms with van der Waals surface area (Å²) in [5.41, 5.74) is 2.20. The summed E-state index contributed by atoms with van der Waals surface area (Å²) in [6.45, 7) is 1.50. The van der Waals surface area contributed by atoms with Crippen LogP contribution < -0.4 is 10.5 Å². The molecule has 6 heteroatoms. The first-order valence-corrected chi connectivity index (χ1v) is 7.01. The lowest BCUT2D eigenvalue weighted by molar-refractivity contribution is 0.184. The first-order chi connectivity index (χ1) is 8.03. The molecule has 0 aromatic heterocycles. The number of nitrogens with two attached hydrogens (primary N) is 1. The van der Waals surface area contributed by atoms with Gasteiger partial charge in [0.15, 0.2) is 0 Å². The van der Waals surface area contributed by atoms with Gasteiger partial charge in [0.25, 0.3) is 0 Å². The molecule has 0 aliphatic heterocycles. The van der Waals surface area contributed by atoms with Crippen LogP contribution in [0.25, 0.3) is 0 Å². The van der Waals surface area contributed by atoms with E-state index in [1.807, 2.05) is 24.3 Å². The predicted octanol–water partition coefficient (Wildman–Crippen LogP) is 0.211. The largest absolute Gasteiger partial charge is 0.380 e. The van der Waals surface area contributed by atoms with Gasteiger partial charge in [-0.3, -0.25) is 0 Å². The van der Waals surface area contributed by atoms with Crippen LogP contribution in [0.15, 0.2) is 24.3 Å². The Morgan fingerprint density at radius 3 is 2.53 bits per heavy atom. The summed E-state index contributed by atoms with van der Waals surface area (Å²) in [6.07, 6.45) is 0. The molecule has 0 atom stereocenters. The van der Waals surface area contributed by atoms with Crippen LogP contribution >= 0.6 is 0 Å². The van der Waals surface area contributed by atoms with Crippen molar-refractivity contribution in [3.05, 3.63) is 35.4 Å². The van der Waals surface area contributed by atoms with Crippen molar-refractivity contribution in [1.82, 2.24) is 5.32 Å². The Balaban J connectivity index is 2.46. The second kappa shape index (κ2) is 6.70. The molecule has 1 rings (SSSR count). The molecular weight excluding hydrogens is 240 g/mol. The maximum absolute atomic E-state index is 10.7. The van der Waals surface area contributed by atoms with Crippen molar-refractivity contribution in [3.8, 4) is 0 Å². The molecule has 0 heterocycles. The van der Waals surface area contributed by atoms with Crippen molar-refractivity contribution in [3.63, 3.8) is 0 Å². The average Bonchev–Trinajstić information content (AvgIpc) is 2.25. The first kappa shape index (κ1) is 14.1. The molecule has 0 bridgehead atoms. The van der Waals surface area contributed by atoms with Gasteiger partial charge < -0.3 is 10.1 Å². The number of methoxy groups -OCH3 is 1. The highest BCUT2D eigenvalue weighted by Crippen LogP contribution is 2.09. The summed E-state index contributed by atoms with van der Waals surface area (Å²) in [7, 11) is -1.74. The number of primary sulfonamides is 1. The number of nitrogens with one attached hydrogen (secondary N) is 1. The third-order valence-corrected chi connectivity index (χ3v) is 3.07. The number of hydrogen-bond donors (Lipinski definition) is 2. The van der Waals surface area contributed by atoms with Gasteiger partial charge in [0.2, 0.25) is 10.0 Å². The van der Waals surface area contributed by atoms with Crippen LogP contribution in [0.4, 0.5) is 0 Å². The third-order valence-electron chi connectivity index (χ3n) is 2.30. The average molecular weight is 258 g/mol. The summed E-state index contributed by atoms with van der Waals surface area (Å²) in [6, 6.07) is 7.86. The zero-order chi connectivity index (χ0) is 12.7. The molecule has 0 saturated carbocycles. The van der Waals surface area contributed by atoms with E-state index in [1.165, 1.54) is 0 Å². The molecule has 1 aromatic carbocycles. The zero-order valence-electron chi connectivity index (χ0n) is 9.85. The molecule has 0 unspecified atom stereocenters. The normalized spacial score (nSPS) is 11.6. The monoisotopic (exact) mass is 258 g/mol. The van der Waals surface area contributed by atoms with Crippen molar-refractivity contribution in [2.75, 3.05) is 19.4 Å². The van der Waals surface area contributed by atoms with Crippen molar-refractivity contribution >= 4 is 10.0 Å². The lowest BCUT2D eigenvalue weighted by Gasteiger charge is -2.09. The summed E-state index contributed by atoms with van der Waals surface area (Å²) < 4.78 is 26.5. The number of hydrogen-bond acceptors (Lipinski definition) is 4. The number of ether oxygens (including phenoxy) is 1. The Labute approximate surface area is 102 Å². The number of benzene rings is 1. The molecule has 17 heavy (non-hydrogen) atoms. The Hall–Kier alpha value is -0.950. The highest BCUT2D eigenvalue weighted by atomic mass is 32.2. The lowest BCUT2D eigenvalue weighted by Crippen LogP contribution is -2.27. The molecule has 0 fully saturated rings. The summed E-state index contributed by atoms with van der Waals surface area (Å²) >= 11 is 0. The van der Waals surface area contributed by atoms with Gasteiger partial charge >= 0.3 is 0 Å². The van der Waals surface area contributed by atoms with E-state index in [0.29, 0.717) is 19.7 Å². The SMILES string of the molecule is COCc1ccccc1CNCCS(N)(=O)=O. The van der Waals surface area contributed by atoms with E-state index in [9.17, 15) is 8.42 Å². The Kier molecular flexibility index (Phi) is 5.57. The minimum Gasteiger partial charge on any atom is -0.380 e. The van der Waals surface area contributed by atoms with Crippen LogP contribution in [-0.4, -0.2) is 27.8 Å². The summed E-state index contributed by atoms with van der Waals surface area (Å²) in [5, 5.41) is 7.95. The summed E-state index contributed by atoms with van der Waals surface area (Å²) in [5.74, 6) is -0.0561. The maximum Gasteiger partial charge on any atom is 0.210 e. The van der Waals surface area contributed by atoms with Gasteiger partial charge in [-0.05, 0) is 11.1 Å². The molecule has 1 aromatic rings. The smallest absolute Gasteiger partial charge is 0.210 e. The van der Waals surface area contributed by atoms with Crippen molar-refractivity contribution in [2.45, 2.75) is 13.2 Å². The zero-order valence-corrected chi connectivity index (χ0v) is 10.7. The molecule has 3 N–H and O–H groups in total. The van der Waals surface area contributed by atoms with Crippen molar-refractivity contribution in [1.29, 1.82) is 0 Å². The van der Waals surface area contributed by atoms with Gasteiger partial charge in [-0.15, -0.1) is 0 Å². The Bertz CT molecular complexity index is 446. The fourth-order valence-corrected chi connectivity index (χ4v) is 1.89. The molecule has 0 spiro atoms. The van der Waals surface area contributed by atoms with E-state index in [2.05, 4.69) is 5.32 Å². The lowest BCUT2D eigenvalue weighted by atomic mass is 10.1. The predicted molar refractivity (Wildman–Crippen MR) is 66.8 cm³/mol. The molecule has 0 radical (unpaired) electrons. The second-order valence-electron chi connectivity index (χ2n) is 3.75. The van der Waals surface area contributed by atoms with Crippen LogP contribution in [0.1, 0.15) is 11.1 Å². The van der Waals surface area contributed by atoms with E-state index in [1.54, 1.807) is 7.11 Å². The van der Waals surface area contributed by atoms with Gasteiger partial charge in [-0.2, -0.15) is 0 Å². The standard InChI is InChI=1S/C11H18N2O3S/c1-16-9-11-5-3-2-4-10(11)8-13-6-7-17(12,14)15/h2-5,13H,6-9H2,1H3,(H2,12,14,15). The minimum atomic E-state index is -3.39. The molecule has 0 saturated heterocycles. The van der Waals surface area contributed by atoms with Crippen LogP contribution in [-0.2, 0) is 27.9 Å². The first-order valence-electron chi connectivity index (χ1n) is 5.30. The van der Waals surface area contributed by atoms with Gasteiger partial charge in [0.1, 0.15) is 0 Å². The van der Waals surface area contributed by atoms with Crippen LogP contribution in [0, 0.1) is 0 Å². The summed E-state index contributed by atoms with van der Waals surface area (Å²) in [4.78, 5) is 0. The van der Waals surface area contributed by atoms with Gasteiger partial charge in [0, 0.05) is 20.2 Å².